The molecule has 106 valence electrons. The van der Waals surface area contributed by atoms with Crippen LogP contribution in [0.4, 0.5) is 0 Å². The van der Waals surface area contributed by atoms with E-state index in [2.05, 4.69) is 35.7 Å². The van der Waals surface area contributed by atoms with Gasteiger partial charge in [-0.2, -0.15) is 15.0 Å². The number of hydrogen-bond donors (Lipinski definition) is 0. The van der Waals surface area contributed by atoms with Crippen LogP contribution in [0.25, 0.3) is 11.3 Å². The highest BCUT2D eigenvalue weighted by atomic mass is 16.5. The van der Waals surface area contributed by atoms with Crippen molar-refractivity contribution < 1.29 is 9.53 Å². The summed E-state index contributed by atoms with van der Waals surface area (Å²) in [6.45, 7) is 7.18. The largest absolute Gasteiger partial charge is 0.465 e. The zero-order valence-corrected chi connectivity index (χ0v) is 12.3. The van der Waals surface area contributed by atoms with Gasteiger partial charge >= 0.3 is 5.97 Å². The lowest BCUT2D eigenvalue weighted by Crippen LogP contribution is -2.17. The van der Waals surface area contributed by atoms with E-state index < -0.39 is 0 Å². The Kier molecular flexibility index (Phi) is 3.88. The smallest absolute Gasteiger partial charge is 0.337 e. The molecule has 0 atom stereocenters. The molecular formula is C15H19N3O2. The van der Waals surface area contributed by atoms with Gasteiger partial charge in [0.05, 0.1) is 25.4 Å². The van der Waals surface area contributed by atoms with Gasteiger partial charge < -0.3 is 4.74 Å². The van der Waals surface area contributed by atoms with Crippen molar-refractivity contribution >= 4 is 5.97 Å². The van der Waals surface area contributed by atoms with E-state index >= 15 is 0 Å². The summed E-state index contributed by atoms with van der Waals surface area (Å²) in [6.07, 6.45) is 1.74. The van der Waals surface area contributed by atoms with Crippen molar-refractivity contribution in [3.63, 3.8) is 0 Å². The minimum Gasteiger partial charge on any atom is -0.465 e. The molecule has 0 radical (unpaired) electrons. The average Bonchev–Trinajstić information content (AvgIpc) is 2.84. The zero-order chi connectivity index (χ0) is 14.8. The molecule has 2 rings (SSSR count). The van der Waals surface area contributed by atoms with Gasteiger partial charge in [0.1, 0.15) is 5.69 Å². The van der Waals surface area contributed by atoms with Gasteiger partial charge in [0.15, 0.2) is 0 Å². The molecule has 5 nitrogen and oxygen atoms in total. The van der Waals surface area contributed by atoms with Crippen molar-refractivity contribution in [1.82, 2.24) is 15.0 Å². The Hall–Kier alpha value is -2.17. The van der Waals surface area contributed by atoms with Gasteiger partial charge in [-0.3, -0.25) is 0 Å². The third-order valence-corrected chi connectivity index (χ3v) is 2.75. The first-order valence-electron chi connectivity index (χ1n) is 6.48. The third kappa shape index (κ3) is 3.44. The fourth-order valence-electron chi connectivity index (χ4n) is 1.82. The maximum absolute atomic E-state index is 11.4. The Morgan fingerprint density at radius 3 is 2.45 bits per heavy atom. The summed E-state index contributed by atoms with van der Waals surface area (Å²) in [6, 6.07) is 7.14. The summed E-state index contributed by atoms with van der Waals surface area (Å²) in [5.41, 5.74) is 2.38. The average molecular weight is 273 g/mol. The number of aromatic nitrogens is 3. The van der Waals surface area contributed by atoms with Crippen LogP contribution in [0.2, 0.25) is 0 Å². The predicted octanol–water partition coefficient (Wildman–Crippen LogP) is 2.78. The predicted molar refractivity (Wildman–Crippen MR) is 76.3 cm³/mol. The van der Waals surface area contributed by atoms with E-state index in [0.717, 1.165) is 17.8 Å². The highest BCUT2D eigenvalue weighted by Gasteiger charge is 2.13. The molecule has 0 aliphatic carbocycles. The first-order valence-corrected chi connectivity index (χ1v) is 6.48. The number of rotatable bonds is 3. The summed E-state index contributed by atoms with van der Waals surface area (Å²) in [5.74, 6) is -0.340. The molecule has 2 aromatic rings. The summed E-state index contributed by atoms with van der Waals surface area (Å²) < 4.78 is 4.67. The van der Waals surface area contributed by atoms with Crippen molar-refractivity contribution in [1.29, 1.82) is 0 Å². The van der Waals surface area contributed by atoms with E-state index in [1.54, 1.807) is 23.1 Å². The number of carbonyl (C=O) groups is 1. The van der Waals surface area contributed by atoms with Gasteiger partial charge in [-0.1, -0.05) is 32.9 Å². The molecule has 0 N–H and O–H groups in total. The molecule has 0 aliphatic rings. The van der Waals surface area contributed by atoms with Gasteiger partial charge in [0.25, 0.3) is 0 Å². The molecule has 0 unspecified atom stereocenters. The van der Waals surface area contributed by atoms with Crippen LogP contribution >= 0.6 is 0 Å². The van der Waals surface area contributed by atoms with E-state index in [1.807, 2.05) is 12.1 Å². The molecule has 0 fully saturated rings. The second-order valence-corrected chi connectivity index (χ2v) is 5.89. The first-order chi connectivity index (χ1) is 9.39. The number of hydrogen-bond acceptors (Lipinski definition) is 4. The van der Waals surface area contributed by atoms with E-state index in [9.17, 15) is 4.79 Å². The number of carbonyl (C=O) groups excluding carboxylic acids is 1. The van der Waals surface area contributed by atoms with Crippen LogP contribution < -0.4 is 0 Å². The molecule has 0 spiro atoms. The molecule has 1 aromatic carbocycles. The lowest BCUT2D eigenvalue weighted by atomic mass is 9.97. The van der Waals surface area contributed by atoms with Crippen LogP contribution in [0.1, 0.15) is 31.1 Å². The standard InChI is InChI=1S/C15H19N3O2/c1-15(2,3)10-18-16-9-13(17-18)11-5-7-12(8-6-11)14(19)20-4/h5-9H,10H2,1-4H3. The Morgan fingerprint density at radius 1 is 1.25 bits per heavy atom. The quantitative estimate of drug-likeness (QED) is 0.807. The summed E-state index contributed by atoms with van der Waals surface area (Å²) in [4.78, 5) is 13.1. The molecule has 5 heteroatoms. The van der Waals surface area contributed by atoms with Crippen LogP contribution in [0.15, 0.2) is 30.5 Å². The number of benzene rings is 1. The van der Waals surface area contributed by atoms with Crippen LogP contribution in [-0.2, 0) is 11.3 Å². The Bertz CT molecular complexity index is 594. The topological polar surface area (TPSA) is 57.0 Å². The number of nitrogens with zero attached hydrogens (tertiary/aromatic N) is 3. The lowest BCUT2D eigenvalue weighted by Gasteiger charge is -2.16. The van der Waals surface area contributed by atoms with Crippen molar-refractivity contribution in [2.24, 2.45) is 5.41 Å². The van der Waals surface area contributed by atoms with Crippen molar-refractivity contribution in [2.45, 2.75) is 27.3 Å². The van der Waals surface area contributed by atoms with Gasteiger partial charge in [0, 0.05) is 5.56 Å². The highest BCUT2D eigenvalue weighted by Crippen LogP contribution is 2.19. The lowest BCUT2D eigenvalue weighted by molar-refractivity contribution is 0.0601. The third-order valence-electron chi connectivity index (χ3n) is 2.75. The zero-order valence-electron chi connectivity index (χ0n) is 12.3. The van der Waals surface area contributed by atoms with Crippen molar-refractivity contribution in [3.8, 4) is 11.3 Å². The van der Waals surface area contributed by atoms with Crippen LogP contribution in [0, 0.1) is 5.41 Å². The van der Waals surface area contributed by atoms with Gasteiger partial charge in [-0.05, 0) is 17.5 Å². The number of esters is 1. The second-order valence-electron chi connectivity index (χ2n) is 5.89. The highest BCUT2D eigenvalue weighted by molar-refractivity contribution is 5.89. The second kappa shape index (κ2) is 5.45. The molecular weight excluding hydrogens is 254 g/mol. The Balaban J connectivity index is 2.18. The summed E-state index contributed by atoms with van der Waals surface area (Å²) in [7, 11) is 1.37. The summed E-state index contributed by atoms with van der Waals surface area (Å²) >= 11 is 0. The number of methoxy groups -OCH3 is 1. The molecule has 0 aliphatic heterocycles. The van der Waals surface area contributed by atoms with Crippen molar-refractivity contribution in [3.05, 3.63) is 36.0 Å². The first kappa shape index (κ1) is 14.2. The van der Waals surface area contributed by atoms with Crippen LogP contribution in [0.5, 0.6) is 0 Å². The van der Waals surface area contributed by atoms with Crippen LogP contribution in [-0.4, -0.2) is 28.1 Å². The molecule has 0 saturated carbocycles. The van der Waals surface area contributed by atoms with Gasteiger partial charge in [0.2, 0.25) is 0 Å². The monoisotopic (exact) mass is 273 g/mol. The molecule has 1 heterocycles. The molecule has 0 bridgehead atoms. The molecule has 0 amide bonds. The van der Waals surface area contributed by atoms with E-state index in [-0.39, 0.29) is 11.4 Å². The van der Waals surface area contributed by atoms with Crippen molar-refractivity contribution in [2.75, 3.05) is 7.11 Å². The molecule has 20 heavy (non-hydrogen) atoms. The fraction of sp³-hybridized carbons (Fsp3) is 0.400. The maximum atomic E-state index is 11.4. The van der Waals surface area contributed by atoms with Gasteiger partial charge in [-0.15, -0.1) is 0 Å². The van der Waals surface area contributed by atoms with E-state index in [1.165, 1.54) is 7.11 Å². The minimum atomic E-state index is -0.340. The SMILES string of the molecule is COC(=O)c1ccc(-c2cnn(CC(C)(C)C)n2)cc1. The maximum Gasteiger partial charge on any atom is 0.337 e. The Morgan fingerprint density at radius 2 is 1.90 bits per heavy atom. The van der Waals surface area contributed by atoms with E-state index in [4.69, 9.17) is 0 Å². The molecule has 0 saturated heterocycles. The number of ether oxygens (including phenoxy) is 1. The minimum absolute atomic E-state index is 0.130. The van der Waals surface area contributed by atoms with Gasteiger partial charge in [-0.25, -0.2) is 4.79 Å². The fourth-order valence-corrected chi connectivity index (χ4v) is 1.82. The Labute approximate surface area is 118 Å². The van der Waals surface area contributed by atoms with Crippen LogP contribution in [0.3, 0.4) is 0 Å². The normalized spacial score (nSPS) is 11.4. The van der Waals surface area contributed by atoms with E-state index in [0.29, 0.717) is 5.56 Å². The summed E-state index contributed by atoms with van der Waals surface area (Å²) in [5, 5.41) is 8.72. The molecule has 1 aromatic heterocycles.